The molecule has 2 heterocycles. The Balaban J connectivity index is 1.67. The minimum Gasteiger partial charge on any atom is -0.316 e. The number of nitrogens with zero attached hydrogens (tertiary/aromatic N) is 1. The Hall–Kier alpha value is -0.860. The zero-order valence-corrected chi connectivity index (χ0v) is 9.73. The molecule has 16 heavy (non-hydrogen) atoms. The fourth-order valence-electron chi connectivity index (χ4n) is 3.20. The third kappa shape index (κ3) is 2.00. The van der Waals surface area contributed by atoms with Crippen LogP contribution < -0.4 is 5.32 Å². The highest BCUT2D eigenvalue weighted by Gasteiger charge is 2.35. The minimum absolute atomic E-state index is 0.835. The van der Waals surface area contributed by atoms with Crippen LogP contribution in [0.25, 0.3) is 0 Å². The van der Waals surface area contributed by atoms with Crippen LogP contribution in [0.15, 0.2) is 30.3 Å². The maximum Gasteiger partial charge on any atom is 0.0236 e. The lowest BCUT2D eigenvalue weighted by atomic mass is 9.94. The molecule has 2 unspecified atom stereocenters. The third-order valence-electron chi connectivity index (χ3n) is 4.05. The first-order valence-electron chi connectivity index (χ1n) is 6.42. The molecular weight excluding hydrogens is 196 g/mol. The lowest BCUT2D eigenvalue weighted by molar-refractivity contribution is 0.184. The number of hydrogen-bond donors (Lipinski definition) is 1. The topological polar surface area (TPSA) is 15.3 Å². The Morgan fingerprint density at radius 3 is 2.94 bits per heavy atom. The van der Waals surface area contributed by atoms with E-state index in [1.54, 1.807) is 0 Å². The van der Waals surface area contributed by atoms with Crippen LogP contribution in [0.4, 0.5) is 0 Å². The highest BCUT2D eigenvalue weighted by atomic mass is 15.2. The molecule has 3 rings (SSSR count). The van der Waals surface area contributed by atoms with Crippen molar-refractivity contribution in [2.24, 2.45) is 5.92 Å². The average Bonchev–Trinajstić information content (AvgIpc) is 2.74. The van der Waals surface area contributed by atoms with Crippen LogP contribution in [0.2, 0.25) is 0 Å². The molecule has 0 radical (unpaired) electrons. The summed E-state index contributed by atoms with van der Waals surface area (Å²) in [6.07, 6.45) is 2.71. The lowest BCUT2D eigenvalue weighted by Gasteiger charge is -2.32. The Morgan fingerprint density at radius 2 is 2.06 bits per heavy atom. The van der Waals surface area contributed by atoms with E-state index in [9.17, 15) is 0 Å². The van der Waals surface area contributed by atoms with E-state index in [0.29, 0.717) is 0 Å². The largest absolute Gasteiger partial charge is 0.316 e. The van der Waals surface area contributed by atoms with Crippen LogP contribution in [-0.4, -0.2) is 30.6 Å². The molecule has 0 saturated carbocycles. The van der Waals surface area contributed by atoms with E-state index in [2.05, 4.69) is 40.5 Å². The van der Waals surface area contributed by atoms with Gasteiger partial charge in [-0.3, -0.25) is 4.90 Å². The quantitative estimate of drug-likeness (QED) is 0.812. The molecule has 0 aliphatic carbocycles. The van der Waals surface area contributed by atoms with Crippen LogP contribution in [-0.2, 0) is 6.54 Å². The Labute approximate surface area is 97.6 Å². The van der Waals surface area contributed by atoms with Gasteiger partial charge >= 0.3 is 0 Å². The van der Waals surface area contributed by atoms with Crippen LogP contribution >= 0.6 is 0 Å². The molecule has 2 aliphatic heterocycles. The van der Waals surface area contributed by atoms with E-state index in [-0.39, 0.29) is 0 Å². The van der Waals surface area contributed by atoms with Crippen molar-refractivity contribution in [1.82, 2.24) is 10.2 Å². The summed E-state index contributed by atoms with van der Waals surface area (Å²) in [6, 6.07) is 11.7. The van der Waals surface area contributed by atoms with Crippen molar-refractivity contribution in [3.8, 4) is 0 Å². The number of fused-ring (bicyclic) bond motifs is 1. The maximum atomic E-state index is 3.51. The number of piperidine rings is 1. The molecule has 1 aromatic carbocycles. The van der Waals surface area contributed by atoms with Crippen molar-refractivity contribution >= 4 is 0 Å². The van der Waals surface area contributed by atoms with Crippen molar-refractivity contribution in [3.05, 3.63) is 35.9 Å². The summed E-state index contributed by atoms with van der Waals surface area (Å²) in [5.41, 5.74) is 1.46. The van der Waals surface area contributed by atoms with Crippen molar-refractivity contribution in [2.75, 3.05) is 19.6 Å². The van der Waals surface area contributed by atoms with E-state index in [0.717, 1.165) is 18.5 Å². The summed E-state index contributed by atoms with van der Waals surface area (Å²) in [7, 11) is 0. The molecule has 2 heteroatoms. The first-order chi connectivity index (χ1) is 7.93. The lowest BCUT2D eigenvalue weighted by Crippen LogP contribution is -2.43. The molecule has 1 N–H and O–H groups in total. The van der Waals surface area contributed by atoms with Gasteiger partial charge in [-0.15, -0.1) is 0 Å². The normalized spacial score (nSPS) is 30.2. The second kappa shape index (κ2) is 4.56. The van der Waals surface area contributed by atoms with Gasteiger partial charge in [0.05, 0.1) is 0 Å². The maximum absolute atomic E-state index is 3.51. The zero-order valence-electron chi connectivity index (χ0n) is 9.73. The predicted molar refractivity (Wildman–Crippen MR) is 66.2 cm³/mol. The number of nitrogens with one attached hydrogen (secondary N) is 1. The first-order valence-corrected chi connectivity index (χ1v) is 6.42. The fourth-order valence-corrected chi connectivity index (χ4v) is 3.20. The molecular formula is C14H20N2. The zero-order chi connectivity index (χ0) is 10.8. The number of rotatable bonds is 2. The van der Waals surface area contributed by atoms with Crippen molar-refractivity contribution < 1.29 is 0 Å². The van der Waals surface area contributed by atoms with Crippen LogP contribution in [0.1, 0.15) is 18.4 Å². The Bertz CT molecular complexity index is 336. The molecule has 2 saturated heterocycles. The number of likely N-dealkylation sites (tertiary alicyclic amines) is 1. The third-order valence-corrected chi connectivity index (χ3v) is 4.05. The molecule has 2 atom stereocenters. The van der Waals surface area contributed by atoms with Gasteiger partial charge in [-0.25, -0.2) is 0 Å². The molecule has 2 fully saturated rings. The van der Waals surface area contributed by atoms with Gasteiger partial charge in [0.15, 0.2) is 0 Å². The Kier molecular flexibility index (Phi) is 2.94. The van der Waals surface area contributed by atoms with Crippen LogP contribution in [0, 0.1) is 5.92 Å². The summed E-state index contributed by atoms with van der Waals surface area (Å²) in [4.78, 5) is 2.68. The van der Waals surface area contributed by atoms with E-state index in [1.165, 1.54) is 38.0 Å². The summed E-state index contributed by atoms with van der Waals surface area (Å²) < 4.78 is 0. The predicted octanol–water partition coefficient (Wildman–Crippen LogP) is 1.87. The van der Waals surface area contributed by atoms with Gasteiger partial charge in [-0.1, -0.05) is 30.3 Å². The standard InChI is InChI=1S/C14H20N2/c1-2-4-12(5-3-1)11-16-9-7-13-10-15-8-6-14(13)16/h1-5,13-15H,6-11H2. The van der Waals surface area contributed by atoms with Gasteiger partial charge in [-0.2, -0.15) is 0 Å². The Morgan fingerprint density at radius 1 is 1.19 bits per heavy atom. The van der Waals surface area contributed by atoms with E-state index >= 15 is 0 Å². The summed E-state index contributed by atoms with van der Waals surface area (Å²) >= 11 is 0. The minimum atomic E-state index is 0.835. The van der Waals surface area contributed by atoms with E-state index in [4.69, 9.17) is 0 Å². The van der Waals surface area contributed by atoms with Gasteiger partial charge < -0.3 is 5.32 Å². The van der Waals surface area contributed by atoms with Crippen LogP contribution in [0.3, 0.4) is 0 Å². The van der Waals surface area contributed by atoms with E-state index < -0.39 is 0 Å². The molecule has 0 amide bonds. The van der Waals surface area contributed by atoms with Gasteiger partial charge in [-0.05, 0) is 44.0 Å². The molecule has 0 aromatic heterocycles. The summed E-state index contributed by atoms with van der Waals surface area (Å²) in [5.74, 6) is 0.900. The van der Waals surface area contributed by atoms with Crippen molar-refractivity contribution in [3.63, 3.8) is 0 Å². The number of benzene rings is 1. The molecule has 2 nitrogen and oxygen atoms in total. The molecule has 1 aromatic rings. The number of hydrogen-bond acceptors (Lipinski definition) is 2. The average molecular weight is 216 g/mol. The SMILES string of the molecule is c1ccc(CN2CCC3CNCCC32)cc1. The summed E-state index contributed by atoms with van der Waals surface area (Å²) in [6.45, 7) is 4.86. The van der Waals surface area contributed by atoms with Crippen molar-refractivity contribution in [1.29, 1.82) is 0 Å². The van der Waals surface area contributed by atoms with Gasteiger partial charge in [0.1, 0.15) is 0 Å². The fraction of sp³-hybridized carbons (Fsp3) is 0.571. The second-order valence-corrected chi connectivity index (χ2v) is 5.06. The molecule has 2 aliphatic rings. The van der Waals surface area contributed by atoms with E-state index in [1.807, 2.05) is 0 Å². The smallest absolute Gasteiger partial charge is 0.0236 e. The van der Waals surface area contributed by atoms with Gasteiger partial charge in [0, 0.05) is 12.6 Å². The van der Waals surface area contributed by atoms with Gasteiger partial charge in [0.25, 0.3) is 0 Å². The highest BCUT2D eigenvalue weighted by Crippen LogP contribution is 2.29. The van der Waals surface area contributed by atoms with Crippen molar-refractivity contribution in [2.45, 2.75) is 25.4 Å². The molecule has 86 valence electrons. The summed E-state index contributed by atoms with van der Waals surface area (Å²) in [5, 5.41) is 3.51. The van der Waals surface area contributed by atoms with Crippen LogP contribution in [0.5, 0.6) is 0 Å². The monoisotopic (exact) mass is 216 g/mol. The first kappa shape index (κ1) is 10.3. The second-order valence-electron chi connectivity index (χ2n) is 5.06. The highest BCUT2D eigenvalue weighted by molar-refractivity contribution is 5.15. The van der Waals surface area contributed by atoms with Gasteiger partial charge in [0.2, 0.25) is 0 Å². The molecule has 0 spiro atoms. The molecule has 0 bridgehead atoms.